The van der Waals surface area contributed by atoms with Crippen molar-refractivity contribution in [1.82, 2.24) is 0 Å². The summed E-state index contributed by atoms with van der Waals surface area (Å²) in [5.41, 5.74) is 0. The van der Waals surface area contributed by atoms with Crippen molar-refractivity contribution in [3.8, 4) is 0 Å². The third-order valence-corrected chi connectivity index (χ3v) is 14.9. The zero-order valence-corrected chi connectivity index (χ0v) is 46.7. The largest absolute Gasteiger partial charge is 0.462 e. The summed E-state index contributed by atoms with van der Waals surface area (Å²) in [6.45, 7) is 11.5. The van der Waals surface area contributed by atoms with Gasteiger partial charge in [0, 0.05) is 19.3 Å². The predicted octanol–water partition coefficient (Wildman–Crippen LogP) is 20.4. The lowest BCUT2D eigenvalue weighted by Gasteiger charge is -2.18. The average molecular weight is 962 g/mol. The minimum Gasteiger partial charge on any atom is -0.462 e. The van der Waals surface area contributed by atoms with Gasteiger partial charge >= 0.3 is 17.9 Å². The molecule has 0 aromatic heterocycles. The van der Waals surface area contributed by atoms with Crippen LogP contribution >= 0.6 is 0 Å². The van der Waals surface area contributed by atoms with Crippen LogP contribution in [0.25, 0.3) is 0 Å². The zero-order valence-electron chi connectivity index (χ0n) is 46.7. The highest BCUT2D eigenvalue weighted by Gasteiger charge is 2.19. The number of carbonyl (C=O) groups excluding carboxylic acids is 3. The van der Waals surface area contributed by atoms with Crippen molar-refractivity contribution in [3.05, 3.63) is 0 Å². The number of rotatable bonds is 56. The van der Waals surface area contributed by atoms with E-state index in [4.69, 9.17) is 14.2 Å². The number of hydrogen-bond donors (Lipinski definition) is 0. The highest BCUT2D eigenvalue weighted by Crippen LogP contribution is 2.19. The van der Waals surface area contributed by atoms with Crippen LogP contribution < -0.4 is 0 Å². The fourth-order valence-corrected chi connectivity index (χ4v) is 9.52. The molecule has 0 aromatic carbocycles. The molecule has 68 heavy (non-hydrogen) atoms. The van der Waals surface area contributed by atoms with E-state index in [1.807, 2.05) is 0 Å². The van der Waals surface area contributed by atoms with E-state index in [1.54, 1.807) is 0 Å². The lowest BCUT2D eigenvalue weighted by Crippen LogP contribution is -2.30. The summed E-state index contributed by atoms with van der Waals surface area (Å²) >= 11 is 0. The molecule has 0 bridgehead atoms. The first-order valence-corrected chi connectivity index (χ1v) is 30.8. The molecule has 6 nitrogen and oxygen atoms in total. The molecule has 0 fully saturated rings. The van der Waals surface area contributed by atoms with Crippen molar-refractivity contribution >= 4 is 17.9 Å². The Kier molecular flexibility index (Phi) is 53.5. The molecule has 0 saturated heterocycles. The van der Waals surface area contributed by atoms with Crippen molar-refractivity contribution in [2.24, 2.45) is 11.8 Å². The molecular formula is C62H120O6. The van der Waals surface area contributed by atoms with Crippen LogP contribution in [0, 0.1) is 11.8 Å². The van der Waals surface area contributed by atoms with Gasteiger partial charge in [-0.25, -0.2) is 0 Å². The van der Waals surface area contributed by atoms with Crippen LogP contribution in [0.3, 0.4) is 0 Å². The zero-order chi connectivity index (χ0) is 49.6. The van der Waals surface area contributed by atoms with Gasteiger partial charge in [-0.05, 0) is 31.1 Å². The molecule has 2 unspecified atom stereocenters. The lowest BCUT2D eigenvalue weighted by molar-refractivity contribution is -0.167. The molecule has 3 atom stereocenters. The Morgan fingerprint density at radius 1 is 0.294 bits per heavy atom. The van der Waals surface area contributed by atoms with Gasteiger partial charge in [-0.2, -0.15) is 0 Å². The molecule has 0 N–H and O–H groups in total. The SMILES string of the molecule is CCCCCCCCCCCCCCCCCCCCC(=O)OC[C@H](COC(=O)CCCCCCCCCCCCC(C)CC)OC(=O)CCCCCCCCCCCCCCCCC(C)CC. The van der Waals surface area contributed by atoms with Gasteiger partial charge in [0.1, 0.15) is 13.2 Å². The molecule has 0 rings (SSSR count). The second-order valence-electron chi connectivity index (χ2n) is 21.8. The van der Waals surface area contributed by atoms with Crippen LogP contribution in [-0.2, 0) is 28.6 Å². The molecule has 0 saturated carbocycles. The van der Waals surface area contributed by atoms with E-state index in [2.05, 4.69) is 34.6 Å². The molecule has 404 valence electrons. The monoisotopic (exact) mass is 961 g/mol. The number of carbonyl (C=O) groups is 3. The molecule has 0 amide bonds. The summed E-state index contributed by atoms with van der Waals surface area (Å²) in [5.74, 6) is 0.929. The van der Waals surface area contributed by atoms with Crippen LogP contribution in [0.15, 0.2) is 0 Å². The Morgan fingerprint density at radius 2 is 0.515 bits per heavy atom. The summed E-state index contributed by atoms with van der Waals surface area (Å²) in [6, 6.07) is 0. The van der Waals surface area contributed by atoms with E-state index in [0.29, 0.717) is 19.3 Å². The minimum atomic E-state index is -0.764. The van der Waals surface area contributed by atoms with Crippen molar-refractivity contribution < 1.29 is 28.6 Å². The van der Waals surface area contributed by atoms with Crippen LogP contribution in [0.5, 0.6) is 0 Å². The quantitative estimate of drug-likeness (QED) is 0.0343. The maximum Gasteiger partial charge on any atom is 0.306 e. The summed E-state index contributed by atoms with van der Waals surface area (Å²) in [6.07, 6.45) is 59.4. The molecule has 0 aliphatic rings. The lowest BCUT2D eigenvalue weighted by atomic mass is 9.99. The normalized spacial score (nSPS) is 12.8. The van der Waals surface area contributed by atoms with Gasteiger partial charge in [-0.3, -0.25) is 14.4 Å². The minimum absolute atomic E-state index is 0.0624. The molecule has 0 heterocycles. The van der Waals surface area contributed by atoms with Crippen LogP contribution in [0.2, 0.25) is 0 Å². The highest BCUT2D eigenvalue weighted by molar-refractivity contribution is 5.71. The Labute approximate surface area is 425 Å². The van der Waals surface area contributed by atoms with E-state index in [0.717, 1.165) is 69.6 Å². The smallest absolute Gasteiger partial charge is 0.306 e. The second-order valence-corrected chi connectivity index (χ2v) is 21.8. The Balaban J connectivity index is 4.30. The maximum atomic E-state index is 12.9. The Morgan fingerprint density at radius 3 is 0.765 bits per heavy atom. The second kappa shape index (κ2) is 54.7. The van der Waals surface area contributed by atoms with Gasteiger partial charge < -0.3 is 14.2 Å². The first-order valence-electron chi connectivity index (χ1n) is 30.8. The standard InChI is InChI=1S/C62H120O6/c1-6-9-10-11-12-13-14-15-16-17-18-19-23-26-32-37-42-47-52-60(63)66-55-59(56-67-61(64)53-48-43-38-33-29-28-31-36-41-46-51-58(5)8-3)68-62(65)54-49-44-39-34-27-24-21-20-22-25-30-35-40-45-50-57(4)7-2/h57-59H,6-56H2,1-5H3/t57?,58?,59-/m1/s1. The van der Waals surface area contributed by atoms with Crippen molar-refractivity contribution in [1.29, 1.82) is 0 Å². The predicted molar refractivity (Wildman–Crippen MR) is 293 cm³/mol. The van der Waals surface area contributed by atoms with Crippen molar-refractivity contribution in [2.45, 2.75) is 355 Å². The van der Waals surface area contributed by atoms with E-state index >= 15 is 0 Å². The Bertz CT molecular complexity index is 1040. The molecule has 0 aliphatic heterocycles. The summed E-state index contributed by atoms with van der Waals surface area (Å²) in [5, 5.41) is 0. The third-order valence-electron chi connectivity index (χ3n) is 14.9. The first-order chi connectivity index (χ1) is 33.3. The first kappa shape index (κ1) is 66.4. The van der Waals surface area contributed by atoms with Crippen LogP contribution in [-0.4, -0.2) is 37.2 Å². The molecule has 0 aliphatic carbocycles. The van der Waals surface area contributed by atoms with E-state index in [-0.39, 0.29) is 31.1 Å². The van der Waals surface area contributed by atoms with Gasteiger partial charge in [0.15, 0.2) is 6.10 Å². The van der Waals surface area contributed by atoms with E-state index in [1.165, 1.54) is 238 Å². The molecular weight excluding hydrogens is 841 g/mol. The summed E-state index contributed by atoms with van der Waals surface area (Å²) < 4.78 is 16.9. The van der Waals surface area contributed by atoms with Crippen LogP contribution in [0.1, 0.15) is 349 Å². The topological polar surface area (TPSA) is 78.9 Å². The molecule has 0 spiro atoms. The number of unbranched alkanes of at least 4 members (excludes halogenated alkanes) is 39. The molecule has 6 heteroatoms. The van der Waals surface area contributed by atoms with Gasteiger partial charge in [0.05, 0.1) is 0 Å². The van der Waals surface area contributed by atoms with Gasteiger partial charge in [-0.1, -0.05) is 311 Å². The maximum absolute atomic E-state index is 12.9. The third kappa shape index (κ3) is 52.2. The summed E-state index contributed by atoms with van der Waals surface area (Å²) in [7, 11) is 0. The van der Waals surface area contributed by atoms with E-state index in [9.17, 15) is 14.4 Å². The van der Waals surface area contributed by atoms with Crippen molar-refractivity contribution in [3.63, 3.8) is 0 Å². The average Bonchev–Trinajstić information content (AvgIpc) is 3.34. The summed E-state index contributed by atoms with van der Waals surface area (Å²) in [4.78, 5) is 38.2. The number of ether oxygens (including phenoxy) is 3. The Hall–Kier alpha value is -1.59. The van der Waals surface area contributed by atoms with E-state index < -0.39 is 6.10 Å². The van der Waals surface area contributed by atoms with Gasteiger partial charge in [0.25, 0.3) is 0 Å². The highest BCUT2D eigenvalue weighted by atomic mass is 16.6. The van der Waals surface area contributed by atoms with Gasteiger partial charge in [0.2, 0.25) is 0 Å². The fraction of sp³-hybridized carbons (Fsp3) is 0.952. The molecule has 0 aromatic rings. The van der Waals surface area contributed by atoms with Gasteiger partial charge in [-0.15, -0.1) is 0 Å². The van der Waals surface area contributed by atoms with Crippen molar-refractivity contribution in [2.75, 3.05) is 13.2 Å². The number of esters is 3. The number of hydrogen-bond acceptors (Lipinski definition) is 6. The van der Waals surface area contributed by atoms with Crippen LogP contribution in [0.4, 0.5) is 0 Å². The molecule has 0 radical (unpaired) electrons. The fourth-order valence-electron chi connectivity index (χ4n) is 9.52.